The third-order valence-electron chi connectivity index (χ3n) is 4.27. The molecule has 19 heavy (non-hydrogen) atoms. The summed E-state index contributed by atoms with van der Waals surface area (Å²) in [6.45, 7) is 1.91. The lowest BCUT2D eigenvalue weighted by molar-refractivity contribution is -0.124. The van der Waals surface area contributed by atoms with Crippen molar-refractivity contribution >= 4 is 17.5 Å². The van der Waals surface area contributed by atoms with E-state index in [-0.39, 0.29) is 35.9 Å². The van der Waals surface area contributed by atoms with Gasteiger partial charge in [0, 0.05) is 0 Å². The van der Waals surface area contributed by atoms with E-state index in [9.17, 15) is 9.59 Å². The third kappa shape index (κ3) is 1.27. The first-order valence-corrected chi connectivity index (χ1v) is 6.46. The molecule has 4 atom stereocenters. The van der Waals surface area contributed by atoms with Crippen LogP contribution >= 0.6 is 0 Å². The maximum Gasteiger partial charge on any atom is 0.240 e. The van der Waals surface area contributed by atoms with Gasteiger partial charge in [0.15, 0.2) is 0 Å². The molecule has 1 aromatic carbocycles. The Bertz CT molecular complexity index is 592. The molecule has 0 aromatic heterocycles. The lowest BCUT2D eigenvalue weighted by Gasteiger charge is -2.19. The molecule has 3 aliphatic rings. The molecule has 0 unspecified atom stereocenters. The monoisotopic (exact) mass is 255 g/mol. The van der Waals surface area contributed by atoms with E-state index in [1.165, 1.54) is 4.90 Å². The normalized spacial score (nSPS) is 35.3. The number of carbonyl (C=O) groups is 2. The Hall–Kier alpha value is -1.94. The number of carbonyl (C=O) groups excluding carboxylic acids is 2. The van der Waals surface area contributed by atoms with Crippen molar-refractivity contribution in [3.8, 4) is 0 Å². The Labute approximate surface area is 110 Å². The van der Waals surface area contributed by atoms with E-state index >= 15 is 0 Å². The highest BCUT2D eigenvalue weighted by Gasteiger charge is 2.61. The van der Waals surface area contributed by atoms with E-state index in [1.54, 1.807) is 0 Å². The molecule has 4 rings (SSSR count). The highest BCUT2D eigenvalue weighted by Crippen LogP contribution is 2.46. The molecular formula is C15H13NO3. The van der Waals surface area contributed by atoms with Gasteiger partial charge in [-0.2, -0.15) is 0 Å². The number of fused-ring (bicyclic) bond motifs is 5. The van der Waals surface area contributed by atoms with Crippen LogP contribution in [-0.2, 0) is 14.3 Å². The first-order chi connectivity index (χ1) is 9.18. The molecule has 96 valence electrons. The maximum atomic E-state index is 12.5. The fourth-order valence-electron chi connectivity index (χ4n) is 3.36. The largest absolute Gasteiger partial charge is 0.365 e. The second kappa shape index (κ2) is 3.54. The van der Waals surface area contributed by atoms with Gasteiger partial charge in [0.2, 0.25) is 11.8 Å². The van der Waals surface area contributed by atoms with E-state index in [1.807, 2.05) is 43.3 Å². The first-order valence-electron chi connectivity index (χ1n) is 6.46. The molecule has 2 saturated heterocycles. The van der Waals surface area contributed by atoms with Gasteiger partial charge in [-0.15, -0.1) is 0 Å². The van der Waals surface area contributed by atoms with Gasteiger partial charge in [0.1, 0.15) is 0 Å². The van der Waals surface area contributed by atoms with Gasteiger partial charge in [-0.05, 0) is 18.6 Å². The van der Waals surface area contributed by atoms with Crippen molar-refractivity contribution in [3.63, 3.8) is 0 Å². The lowest BCUT2D eigenvalue weighted by Crippen LogP contribution is -2.34. The molecule has 2 amide bonds. The van der Waals surface area contributed by atoms with Crippen molar-refractivity contribution in [1.82, 2.24) is 0 Å². The van der Waals surface area contributed by atoms with Crippen LogP contribution < -0.4 is 4.90 Å². The SMILES string of the molecule is Cc1ccccc1N1C(=O)[C@@H]2[C@H](C1=O)[C@@H]1C=C[C@@H]2O1. The number of nitrogens with zero attached hydrogens (tertiary/aromatic N) is 1. The maximum absolute atomic E-state index is 12.5. The summed E-state index contributed by atoms with van der Waals surface area (Å²) in [5, 5.41) is 0. The standard InChI is InChI=1S/C15H13NO3/c1-8-4-2-3-5-9(8)16-14(17)12-10-6-7-11(19-10)13(12)15(16)18/h2-7,10-13H,1H3/t10-,11-,12-,13+/m0/s1. The number of para-hydroxylation sites is 1. The molecule has 3 aliphatic heterocycles. The Kier molecular flexibility index (Phi) is 2.04. The zero-order chi connectivity index (χ0) is 13.1. The second-order valence-electron chi connectivity index (χ2n) is 5.30. The van der Waals surface area contributed by atoms with Gasteiger partial charge in [-0.1, -0.05) is 30.4 Å². The average molecular weight is 255 g/mol. The Morgan fingerprint density at radius 3 is 2.16 bits per heavy atom. The molecule has 0 radical (unpaired) electrons. The van der Waals surface area contributed by atoms with Crippen LogP contribution in [0.3, 0.4) is 0 Å². The molecule has 0 N–H and O–H groups in total. The smallest absolute Gasteiger partial charge is 0.240 e. The third-order valence-corrected chi connectivity index (χ3v) is 4.27. The van der Waals surface area contributed by atoms with E-state index < -0.39 is 0 Å². The van der Waals surface area contributed by atoms with E-state index in [0.29, 0.717) is 5.69 Å². The molecular weight excluding hydrogens is 242 g/mol. The summed E-state index contributed by atoms with van der Waals surface area (Å²) in [6.07, 6.45) is 3.36. The molecule has 0 saturated carbocycles. The minimum absolute atomic E-state index is 0.124. The van der Waals surface area contributed by atoms with Crippen molar-refractivity contribution in [2.75, 3.05) is 4.90 Å². The molecule has 0 spiro atoms. The molecule has 4 nitrogen and oxygen atoms in total. The number of aryl methyl sites for hydroxylation is 1. The molecule has 4 heteroatoms. The molecule has 2 fully saturated rings. The summed E-state index contributed by atoms with van der Waals surface area (Å²) in [5.74, 6) is -0.911. The summed E-state index contributed by atoms with van der Waals surface area (Å²) in [4.78, 5) is 26.4. The summed E-state index contributed by atoms with van der Waals surface area (Å²) < 4.78 is 5.62. The van der Waals surface area contributed by atoms with Crippen molar-refractivity contribution in [1.29, 1.82) is 0 Å². The van der Waals surface area contributed by atoms with E-state index in [4.69, 9.17) is 4.74 Å². The number of hydrogen-bond donors (Lipinski definition) is 0. The molecule has 0 aliphatic carbocycles. The first kappa shape index (κ1) is 10.9. The number of anilines is 1. The van der Waals surface area contributed by atoms with Crippen molar-refractivity contribution in [2.45, 2.75) is 19.1 Å². The fourth-order valence-corrected chi connectivity index (χ4v) is 3.36. The van der Waals surface area contributed by atoms with Gasteiger partial charge in [-0.25, -0.2) is 4.90 Å². The zero-order valence-corrected chi connectivity index (χ0v) is 10.4. The van der Waals surface area contributed by atoms with Crippen molar-refractivity contribution in [2.24, 2.45) is 11.8 Å². The number of ether oxygens (including phenoxy) is 1. The van der Waals surface area contributed by atoms with Crippen LogP contribution in [0, 0.1) is 18.8 Å². The zero-order valence-electron chi connectivity index (χ0n) is 10.4. The van der Waals surface area contributed by atoms with Gasteiger partial charge >= 0.3 is 0 Å². The van der Waals surface area contributed by atoms with Crippen molar-refractivity contribution in [3.05, 3.63) is 42.0 Å². The number of amides is 2. The number of hydrogen-bond acceptors (Lipinski definition) is 3. The van der Waals surface area contributed by atoms with Crippen LogP contribution in [0.1, 0.15) is 5.56 Å². The van der Waals surface area contributed by atoms with Gasteiger partial charge in [-0.3, -0.25) is 9.59 Å². The lowest BCUT2D eigenvalue weighted by atomic mass is 9.85. The summed E-state index contributed by atoms with van der Waals surface area (Å²) in [7, 11) is 0. The predicted molar refractivity (Wildman–Crippen MR) is 68.5 cm³/mol. The van der Waals surface area contributed by atoms with Crippen LogP contribution in [0.4, 0.5) is 5.69 Å². The number of rotatable bonds is 1. The molecule has 2 bridgehead atoms. The van der Waals surface area contributed by atoms with Crippen LogP contribution in [-0.4, -0.2) is 24.0 Å². The summed E-state index contributed by atoms with van der Waals surface area (Å²) >= 11 is 0. The quantitative estimate of drug-likeness (QED) is 0.563. The highest BCUT2D eigenvalue weighted by molar-refractivity contribution is 6.23. The van der Waals surface area contributed by atoms with Gasteiger partial charge < -0.3 is 4.74 Å². The van der Waals surface area contributed by atoms with Crippen LogP contribution in [0.5, 0.6) is 0 Å². The topological polar surface area (TPSA) is 46.6 Å². The Morgan fingerprint density at radius 1 is 1.00 bits per heavy atom. The predicted octanol–water partition coefficient (Wildman–Crippen LogP) is 1.44. The van der Waals surface area contributed by atoms with Crippen LogP contribution in [0.25, 0.3) is 0 Å². The molecule has 1 aromatic rings. The average Bonchev–Trinajstić information content (AvgIpc) is 3.06. The number of benzene rings is 1. The van der Waals surface area contributed by atoms with Gasteiger partial charge in [0.05, 0.1) is 29.7 Å². The van der Waals surface area contributed by atoms with Crippen LogP contribution in [0.2, 0.25) is 0 Å². The van der Waals surface area contributed by atoms with Crippen molar-refractivity contribution < 1.29 is 14.3 Å². The van der Waals surface area contributed by atoms with E-state index in [0.717, 1.165) is 5.56 Å². The summed E-state index contributed by atoms with van der Waals surface area (Å²) in [6, 6.07) is 7.48. The molecule has 3 heterocycles. The minimum atomic E-state index is -0.331. The highest BCUT2D eigenvalue weighted by atomic mass is 16.5. The van der Waals surface area contributed by atoms with E-state index in [2.05, 4.69) is 0 Å². The minimum Gasteiger partial charge on any atom is -0.365 e. The Balaban J connectivity index is 1.79. The Morgan fingerprint density at radius 2 is 1.58 bits per heavy atom. The van der Waals surface area contributed by atoms with Gasteiger partial charge in [0.25, 0.3) is 0 Å². The second-order valence-corrected chi connectivity index (χ2v) is 5.30. The summed E-state index contributed by atoms with van der Waals surface area (Å²) in [5.41, 5.74) is 1.64. The van der Waals surface area contributed by atoms with Crippen LogP contribution in [0.15, 0.2) is 36.4 Å². The fraction of sp³-hybridized carbons (Fsp3) is 0.333. The number of imide groups is 1.